The lowest BCUT2D eigenvalue weighted by atomic mass is 10.0. The topological polar surface area (TPSA) is 66.4 Å². The van der Waals surface area contributed by atoms with Crippen molar-refractivity contribution in [3.8, 4) is 0 Å². The van der Waals surface area contributed by atoms with Gasteiger partial charge < -0.3 is 5.11 Å². The van der Waals surface area contributed by atoms with Crippen molar-refractivity contribution in [2.75, 3.05) is 6.61 Å². The summed E-state index contributed by atoms with van der Waals surface area (Å²) < 4.78 is 28.2. The summed E-state index contributed by atoms with van der Waals surface area (Å²) in [7, 11) is -3.59. The number of hydrogen-bond acceptors (Lipinski definition) is 3. The number of benzene rings is 2. The molecule has 0 aliphatic carbocycles. The predicted molar refractivity (Wildman–Crippen MR) is 101 cm³/mol. The van der Waals surface area contributed by atoms with E-state index in [1.54, 1.807) is 24.3 Å². The molecule has 0 saturated carbocycles. The van der Waals surface area contributed by atoms with Crippen molar-refractivity contribution in [1.29, 1.82) is 0 Å². The fourth-order valence-corrected chi connectivity index (χ4v) is 3.83. The molecule has 0 heterocycles. The summed E-state index contributed by atoms with van der Waals surface area (Å²) in [4.78, 5) is 0.261. The van der Waals surface area contributed by atoms with Crippen LogP contribution in [0.2, 0.25) is 0 Å². The standard InChI is InChI=1S/C20H25NO3S/c1-16-9-12-20(13-10-16)25(23,24)21-19(11-8-17(2)15-22)14-18-6-4-3-5-7-18/h3-7,9-10,12-13,19,21-22H,2,8,11,14-15H2,1H3/t19-/m1/s1. The third-order valence-corrected chi connectivity index (χ3v) is 5.58. The Labute approximate surface area is 150 Å². The Bertz CT molecular complexity index is 783. The summed E-state index contributed by atoms with van der Waals surface area (Å²) in [6.07, 6.45) is 1.74. The summed E-state index contributed by atoms with van der Waals surface area (Å²) in [6, 6.07) is 16.3. The first-order valence-electron chi connectivity index (χ1n) is 8.31. The number of nitrogens with one attached hydrogen (secondary N) is 1. The monoisotopic (exact) mass is 359 g/mol. The highest BCUT2D eigenvalue weighted by Crippen LogP contribution is 2.16. The van der Waals surface area contributed by atoms with Crippen LogP contribution >= 0.6 is 0 Å². The van der Waals surface area contributed by atoms with Crippen LogP contribution in [0.1, 0.15) is 24.0 Å². The molecule has 0 aliphatic heterocycles. The molecule has 0 saturated heterocycles. The lowest BCUT2D eigenvalue weighted by molar-refractivity contribution is 0.325. The zero-order valence-corrected chi connectivity index (χ0v) is 15.3. The number of rotatable bonds is 9. The molecule has 0 spiro atoms. The third kappa shape index (κ3) is 6.12. The summed E-state index contributed by atoms with van der Waals surface area (Å²) in [6.45, 7) is 5.63. The molecule has 0 unspecified atom stereocenters. The molecule has 0 radical (unpaired) electrons. The van der Waals surface area contributed by atoms with E-state index in [2.05, 4.69) is 11.3 Å². The molecule has 1 atom stereocenters. The second-order valence-electron chi connectivity index (χ2n) is 6.27. The summed E-state index contributed by atoms with van der Waals surface area (Å²) in [5.41, 5.74) is 2.78. The Kier molecular flexibility index (Phi) is 6.93. The molecule has 4 nitrogen and oxygen atoms in total. The van der Waals surface area contributed by atoms with Gasteiger partial charge in [-0.3, -0.25) is 0 Å². The summed E-state index contributed by atoms with van der Waals surface area (Å²) in [5, 5.41) is 9.14. The van der Waals surface area contributed by atoms with Gasteiger partial charge in [-0.1, -0.05) is 60.2 Å². The molecule has 25 heavy (non-hydrogen) atoms. The molecule has 2 rings (SSSR count). The van der Waals surface area contributed by atoms with Crippen molar-refractivity contribution < 1.29 is 13.5 Å². The van der Waals surface area contributed by atoms with Crippen LogP contribution in [0, 0.1) is 6.92 Å². The van der Waals surface area contributed by atoms with E-state index >= 15 is 0 Å². The van der Waals surface area contributed by atoms with Crippen LogP contribution in [-0.4, -0.2) is 26.2 Å². The number of sulfonamides is 1. The highest BCUT2D eigenvalue weighted by atomic mass is 32.2. The van der Waals surface area contributed by atoms with Crippen molar-refractivity contribution in [3.05, 3.63) is 77.9 Å². The molecular weight excluding hydrogens is 334 g/mol. The second-order valence-corrected chi connectivity index (χ2v) is 7.98. The minimum absolute atomic E-state index is 0.0806. The van der Waals surface area contributed by atoms with Gasteiger partial charge in [0.15, 0.2) is 0 Å². The Hall–Kier alpha value is -1.95. The Balaban J connectivity index is 2.15. The van der Waals surface area contributed by atoms with Gasteiger partial charge in [-0.2, -0.15) is 0 Å². The van der Waals surface area contributed by atoms with E-state index < -0.39 is 10.0 Å². The maximum Gasteiger partial charge on any atom is 0.240 e. The van der Waals surface area contributed by atoms with E-state index in [1.165, 1.54) is 0 Å². The molecule has 2 aromatic carbocycles. The first kappa shape index (κ1) is 19.4. The minimum Gasteiger partial charge on any atom is -0.392 e. The highest BCUT2D eigenvalue weighted by molar-refractivity contribution is 7.89. The lowest BCUT2D eigenvalue weighted by Crippen LogP contribution is -2.36. The van der Waals surface area contributed by atoms with Crippen LogP contribution in [0.5, 0.6) is 0 Å². The average molecular weight is 359 g/mol. The first-order chi connectivity index (χ1) is 11.9. The first-order valence-corrected chi connectivity index (χ1v) is 9.79. The Morgan fingerprint density at radius 1 is 1.12 bits per heavy atom. The van der Waals surface area contributed by atoms with Gasteiger partial charge in [-0.15, -0.1) is 0 Å². The molecule has 2 N–H and O–H groups in total. The van der Waals surface area contributed by atoms with Crippen molar-refractivity contribution in [2.24, 2.45) is 0 Å². The fraction of sp³-hybridized carbons (Fsp3) is 0.300. The molecular formula is C20H25NO3S. The van der Waals surface area contributed by atoms with Crippen LogP contribution in [0.4, 0.5) is 0 Å². The third-order valence-electron chi connectivity index (χ3n) is 4.05. The molecule has 2 aromatic rings. The number of aliphatic hydroxyl groups excluding tert-OH is 1. The molecule has 0 fully saturated rings. The summed E-state index contributed by atoms with van der Waals surface area (Å²) in [5.74, 6) is 0. The van der Waals surface area contributed by atoms with Crippen LogP contribution in [-0.2, 0) is 16.4 Å². The normalized spacial score (nSPS) is 12.7. The van der Waals surface area contributed by atoms with Crippen molar-refractivity contribution in [1.82, 2.24) is 4.72 Å². The van der Waals surface area contributed by atoms with Crippen molar-refractivity contribution in [3.63, 3.8) is 0 Å². The van der Waals surface area contributed by atoms with Crippen molar-refractivity contribution >= 4 is 10.0 Å². The molecule has 0 aliphatic rings. The number of aliphatic hydroxyl groups is 1. The molecule has 134 valence electrons. The van der Waals surface area contributed by atoms with Gasteiger partial charge in [0, 0.05) is 6.04 Å². The molecule has 0 bridgehead atoms. The van der Waals surface area contributed by atoms with Crippen LogP contribution in [0.25, 0.3) is 0 Å². The number of hydrogen-bond donors (Lipinski definition) is 2. The van der Waals surface area contributed by atoms with E-state index in [0.717, 1.165) is 11.1 Å². The van der Waals surface area contributed by atoms with Crippen LogP contribution in [0.15, 0.2) is 71.6 Å². The lowest BCUT2D eigenvalue weighted by Gasteiger charge is -2.19. The molecule has 5 heteroatoms. The molecule has 0 amide bonds. The quantitative estimate of drug-likeness (QED) is 0.676. The van der Waals surface area contributed by atoms with Gasteiger partial charge in [-0.25, -0.2) is 13.1 Å². The zero-order chi connectivity index (χ0) is 18.3. The van der Waals surface area contributed by atoms with Crippen LogP contribution < -0.4 is 4.72 Å². The fourth-order valence-electron chi connectivity index (χ4n) is 2.56. The van der Waals surface area contributed by atoms with E-state index in [-0.39, 0.29) is 17.5 Å². The predicted octanol–water partition coefficient (Wildman–Crippen LogP) is 3.21. The summed E-state index contributed by atoms with van der Waals surface area (Å²) >= 11 is 0. The van der Waals surface area contributed by atoms with Crippen LogP contribution in [0.3, 0.4) is 0 Å². The van der Waals surface area contributed by atoms with E-state index in [0.29, 0.717) is 24.8 Å². The van der Waals surface area contributed by atoms with E-state index in [1.807, 2.05) is 37.3 Å². The van der Waals surface area contributed by atoms with Crippen molar-refractivity contribution in [2.45, 2.75) is 37.1 Å². The average Bonchev–Trinajstić information content (AvgIpc) is 2.60. The van der Waals surface area contributed by atoms with Gasteiger partial charge in [0.1, 0.15) is 0 Å². The largest absolute Gasteiger partial charge is 0.392 e. The van der Waals surface area contributed by atoms with E-state index in [9.17, 15) is 8.42 Å². The van der Waals surface area contributed by atoms with Gasteiger partial charge in [0.25, 0.3) is 0 Å². The highest BCUT2D eigenvalue weighted by Gasteiger charge is 2.20. The maximum atomic E-state index is 12.7. The van der Waals surface area contributed by atoms with Gasteiger partial charge >= 0.3 is 0 Å². The Morgan fingerprint density at radius 2 is 1.76 bits per heavy atom. The number of aryl methyl sites for hydroxylation is 1. The minimum atomic E-state index is -3.59. The maximum absolute atomic E-state index is 12.7. The van der Waals surface area contributed by atoms with Gasteiger partial charge in [0.05, 0.1) is 11.5 Å². The second kappa shape index (κ2) is 8.94. The smallest absolute Gasteiger partial charge is 0.240 e. The molecule has 0 aromatic heterocycles. The van der Waals surface area contributed by atoms with E-state index in [4.69, 9.17) is 5.11 Å². The van der Waals surface area contributed by atoms with Gasteiger partial charge in [-0.05, 0) is 43.9 Å². The van der Waals surface area contributed by atoms with Gasteiger partial charge in [0.2, 0.25) is 10.0 Å². The SMILES string of the molecule is C=C(CO)CC[C@H](Cc1ccccc1)NS(=O)(=O)c1ccc(C)cc1. The Morgan fingerprint density at radius 3 is 2.36 bits per heavy atom. The zero-order valence-electron chi connectivity index (χ0n) is 14.5.